The van der Waals surface area contributed by atoms with Gasteiger partial charge in [0.25, 0.3) is 0 Å². The van der Waals surface area contributed by atoms with Crippen molar-refractivity contribution >= 4 is 0 Å². The van der Waals surface area contributed by atoms with Gasteiger partial charge in [-0.15, -0.1) is 0 Å². The SMILES string of the molecule is C=C/C=C\C1=CO[C@H](COC)[C@H](OC)[C@@H]1OC. The van der Waals surface area contributed by atoms with Crippen LogP contribution in [0, 0.1) is 0 Å². The third kappa shape index (κ3) is 3.43. The van der Waals surface area contributed by atoms with E-state index < -0.39 is 0 Å². The van der Waals surface area contributed by atoms with Crippen LogP contribution >= 0.6 is 0 Å². The van der Waals surface area contributed by atoms with E-state index in [9.17, 15) is 0 Å². The van der Waals surface area contributed by atoms with Crippen molar-refractivity contribution in [2.75, 3.05) is 27.9 Å². The molecule has 0 spiro atoms. The fourth-order valence-corrected chi connectivity index (χ4v) is 1.85. The molecule has 0 saturated carbocycles. The van der Waals surface area contributed by atoms with Gasteiger partial charge >= 0.3 is 0 Å². The normalized spacial score (nSPS) is 28.9. The van der Waals surface area contributed by atoms with Crippen LogP contribution in [-0.4, -0.2) is 46.2 Å². The summed E-state index contributed by atoms with van der Waals surface area (Å²) in [5.74, 6) is 0. The Morgan fingerprint density at radius 1 is 1.35 bits per heavy atom. The van der Waals surface area contributed by atoms with Crippen molar-refractivity contribution in [3.8, 4) is 0 Å². The molecule has 1 aliphatic heterocycles. The summed E-state index contributed by atoms with van der Waals surface area (Å²) in [6.07, 6.45) is 6.63. The summed E-state index contributed by atoms with van der Waals surface area (Å²) in [4.78, 5) is 0. The van der Waals surface area contributed by atoms with Gasteiger partial charge in [-0.25, -0.2) is 0 Å². The molecular weight excluding hydrogens is 220 g/mol. The number of hydrogen-bond acceptors (Lipinski definition) is 4. The fourth-order valence-electron chi connectivity index (χ4n) is 1.85. The van der Waals surface area contributed by atoms with Gasteiger partial charge < -0.3 is 18.9 Å². The van der Waals surface area contributed by atoms with Gasteiger partial charge in [0.2, 0.25) is 0 Å². The van der Waals surface area contributed by atoms with Crippen LogP contribution in [0.25, 0.3) is 0 Å². The van der Waals surface area contributed by atoms with Crippen molar-refractivity contribution in [3.05, 3.63) is 36.6 Å². The minimum atomic E-state index is -0.186. The molecule has 17 heavy (non-hydrogen) atoms. The van der Waals surface area contributed by atoms with Crippen LogP contribution in [-0.2, 0) is 18.9 Å². The highest BCUT2D eigenvalue weighted by Crippen LogP contribution is 2.24. The van der Waals surface area contributed by atoms with Crippen molar-refractivity contribution in [3.63, 3.8) is 0 Å². The van der Waals surface area contributed by atoms with E-state index in [1.54, 1.807) is 33.7 Å². The van der Waals surface area contributed by atoms with Crippen molar-refractivity contribution in [2.45, 2.75) is 18.3 Å². The summed E-state index contributed by atoms with van der Waals surface area (Å²) in [5, 5.41) is 0. The van der Waals surface area contributed by atoms with Crippen LogP contribution in [0.1, 0.15) is 0 Å². The van der Waals surface area contributed by atoms with Gasteiger partial charge in [0.05, 0.1) is 12.9 Å². The van der Waals surface area contributed by atoms with Crippen LogP contribution in [0.15, 0.2) is 36.6 Å². The Balaban J connectivity index is 2.86. The molecule has 0 fully saturated rings. The Hall–Kier alpha value is -1.10. The molecule has 0 radical (unpaired) electrons. The zero-order valence-electron chi connectivity index (χ0n) is 10.6. The molecule has 1 rings (SSSR count). The van der Waals surface area contributed by atoms with Crippen LogP contribution in [0.3, 0.4) is 0 Å². The second-order valence-corrected chi connectivity index (χ2v) is 3.70. The number of ether oxygens (including phenoxy) is 4. The van der Waals surface area contributed by atoms with E-state index in [1.165, 1.54) is 0 Å². The topological polar surface area (TPSA) is 36.9 Å². The molecule has 0 aliphatic carbocycles. The average Bonchev–Trinajstić information content (AvgIpc) is 2.36. The van der Waals surface area contributed by atoms with Crippen LogP contribution in [0.5, 0.6) is 0 Å². The molecule has 0 aromatic rings. The molecule has 1 aliphatic rings. The van der Waals surface area contributed by atoms with Crippen LogP contribution in [0.2, 0.25) is 0 Å². The highest BCUT2D eigenvalue weighted by molar-refractivity contribution is 5.27. The van der Waals surface area contributed by atoms with Gasteiger partial charge in [-0.05, 0) is 0 Å². The quantitative estimate of drug-likeness (QED) is 0.662. The third-order valence-corrected chi connectivity index (χ3v) is 2.65. The van der Waals surface area contributed by atoms with Crippen molar-refractivity contribution in [1.29, 1.82) is 0 Å². The summed E-state index contributed by atoms with van der Waals surface area (Å²) in [6, 6.07) is 0. The maximum absolute atomic E-state index is 5.59. The lowest BCUT2D eigenvalue weighted by atomic mass is 9.98. The largest absolute Gasteiger partial charge is 0.492 e. The molecule has 96 valence electrons. The molecule has 0 saturated heterocycles. The van der Waals surface area contributed by atoms with E-state index in [0.717, 1.165) is 5.57 Å². The van der Waals surface area contributed by atoms with Gasteiger partial charge in [-0.2, -0.15) is 0 Å². The van der Waals surface area contributed by atoms with Gasteiger partial charge in [0, 0.05) is 26.9 Å². The maximum atomic E-state index is 5.59. The first-order valence-electron chi connectivity index (χ1n) is 5.47. The lowest BCUT2D eigenvalue weighted by molar-refractivity contribution is -0.117. The summed E-state index contributed by atoms with van der Waals surface area (Å²) in [7, 11) is 4.93. The lowest BCUT2D eigenvalue weighted by Gasteiger charge is -2.35. The average molecular weight is 240 g/mol. The van der Waals surface area contributed by atoms with Crippen LogP contribution < -0.4 is 0 Å². The minimum absolute atomic E-state index is 0.157. The number of methoxy groups -OCH3 is 3. The molecule has 0 amide bonds. The maximum Gasteiger partial charge on any atom is 0.150 e. The zero-order chi connectivity index (χ0) is 12.7. The second kappa shape index (κ2) is 7.27. The van der Waals surface area contributed by atoms with E-state index in [2.05, 4.69) is 6.58 Å². The van der Waals surface area contributed by atoms with Gasteiger partial charge in [0.15, 0.2) is 0 Å². The first-order chi connectivity index (χ1) is 8.28. The van der Waals surface area contributed by atoms with E-state index in [0.29, 0.717) is 6.61 Å². The van der Waals surface area contributed by atoms with Gasteiger partial charge in [-0.1, -0.05) is 24.8 Å². The standard InChI is InChI=1S/C13H20O4/c1-5-6-7-10-8-17-11(9-14-2)13(16-4)12(10)15-3/h5-8,11-13H,1,9H2,2-4H3/b7-6-/t11-,12-,13+/m1/s1. The van der Waals surface area contributed by atoms with Gasteiger partial charge in [-0.3, -0.25) is 0 Å². The summed E-state index contributed by atoms with van der Waals surface area (Å²) in [5.41, 5.74) is 0.923. The Bertz CT molecular complexity index is 296. The number of hydrogen-bond donors (Lipinski definition) is 0. The number of rotatable bonds is 6. The third-order valence-electron chi connectivity index (χ3n) is 2.65. The molecule has 3 atom stereocenters. The number of allylic oxidation sites excluding steroid dienone is 2. The van der Waals surface area contributed by atoms with Crippen molar-refractivity contribution < 1.29 is 18.9 Å². The molecule has 0 N–H and O–H groups in total. The smallest absolute Gasteiger partial charge is 0.150 e. The lowest BCUT2D eigenvalue weighted by Crippen LogP contribution is -2.46. The second-order valence-electron chi connectivity index (χ2n) is 3.70. The predicted molar refractivity (Wildman–Crippen MR) is 65.8 cm³/mol. The molecule has 4 nitrogen and oxygen atoms in total. The monoisotopic (exact) mass is 240 g/mol. The van der Waals surface area contributed by atoms with E-state index in [-0.39, 0.29) is 18.3 Å². The first kappa shape index (κ1) is 14.0. The minimum Gasteiger partial charge on any atom is -0.492 e. The Labute approximate surface area is 102 Å². The summed E-state index contributed by atoms with van der Waals surface area (Å²) in [6.45, 7) is 4.10. The van der Waals surface area contributed by atoms with Crippen molar-refractivity contribution in [1.82, 2.24) is 0 Å². The Kier molecular flexibility index (Phi) is 5.97. The molecular formula is C13H20O4. The zero-order valence-corrected chi connectivity index (χ0v) is 10.6. The molecule has 1 heterocycles. The van der Waals surface area contributed by atoms with E-state index >= 15 is 0 Å². The van der Waals surface area contributed by atoms with Crippen molar-refractivity contribution in [2.24, 2.45) is 0 Å². The molecule has 0 bridgehead atoms. The summed E-state index contributed by atoms with van der Waals surface area (Å²) < 4.78 is 21.6. The van der Waals surface area contributed by atoms with Gasteiger partial charge in [0.1, 0.15) is 18.3 Å². The Morgan fingerprint density at radius 3 is 2.65 bits per heavy atom. The first-order valence-corrected chi connectivity index (χ1v) is 5.47. The highest BCUT2D eigenvalue weighted by atomic mass is 16.6. The van der Waals surface area contributed by atoms with E-state index in [4.69, 9.17) is 18.9 Å². The predicted octanol–water partition coefficient (Wildman–Crippen LogP) is 1.69. The fraction of sp³-hybridized carbons (Fsp3) is 0.538. The van der Waals surface area contributed by atoms with E-state index in [1.807, 2.05) is 12.2 Å². The highest BCUT2D eigenvalue weighted by Gasteiger charge is 2.36. The molecule has 0 aromatic heterocycles. The molecule has 4 heteroatoms. The Morgan fingerprint density at radius 2 is 2.12 bits per heavy atom. The molecule has 0 unspecified atom stereocenters. The van der Waals surface area contributed by atoms with Crippen LogP contribution in [0.4, 0.5) is 0 Å². The molecule has 0 aromatic carbocycles. The summed E-state index contributed by atoms with van der Waals surface area (Å²) >= 11 is 0.